The van der Waals surface area contributed by atoms with E-state index >= 15 is 0 Å². The van der Waals surface area contributed by atoms with Crippen LogP contribution in [0.4, 0.5) is 17.1 Å². The van der Waals surface area contributed by atoms with E-state index in [1.165, 1.54) is 36.0 Å². The average Bonchev–Trinajstić information content (AvgIpc) is 2.98. The molecule has 41 heavy (non-hydrogen) atoms. The van der Waals surface area contributed by atoms with Crippen molar-refractivity contribution in [2.45, 2.75) is 4.90 Å². The van der Waals surface area contributed by atoms with Crippen LogP contribution in [-0.2, 0) is 9.59 Å². The number of halogens is 1. The monoisotopic (exact) mass is 586 g/mol. The molecule has 0 bridgehead atoms. The lowest BCUT2D eigenvalue weighted by molar-refractivity contribution is -0.384. The van der Waals surface area contributed by atoms with Gasteiger partial charge in [-0.25, -0.2) is 0 Å². The van der Waals surface area contributed by atoms with Crippen molar-refractivity contribution < 1.29 is 19.3 Å². The van der Waals surface area contributed by atoms with E-state index in [2.05, 4.69) is 16.0 Å². The predicted molar refractivity (Wildman–Crippen MR) is 161 cm³/mol. The first-order valence-electron chi connectivity index (χ1n) is 12.2. The van der Waals surface area contributed by atoms with E-state index in [1.54, 1.807) is 84.9 Å². The maximum Gasteiger partial charge on any atom is 0.272 e. The Bertz CT molecular complexity index is 1580. The number of carbonyl (C=O) groups is 3. The minimum atomic E-state index is -0.521. The molecule has 0 saturated carbocycles. The molecule has 206 valence electrons. The Morgan fingerprint density at radius 2 is 1.41 bits per heavy atom. The second kappa shape index (κ2) is 13.9. The van der Waals surface area contributed by atoms with Crippen LogP contribution in [0.25, 0.3) is 6.08 Å². The lowest BCUT2D eigenvalue weighted by Gasteiger charge is -2.12. The Morgan fingerprint density at radius 1 is 0.805 bits per heavy atom. The van der Waals surface area contributed by atoms with E-state index in [0.29, 0.717) is 27.5 Å². The van der Waals surface area contributed by atoms with Crippen molar-refractivity contribution in [3.63, 3.8) is 0 Å². The molecule has 3 N–H and O–H groups in total. The first-order valence-corrected chi connectivity index (χ1v) is 13.6. The molecule has 0 saturated heterocycles. The number of carbonyl (C=O) groups excluding carboxylic acids is 3. The number of thioether (sulfide) groups is 1. The van der Waals surface area contributed by atoms with E-state index in [1.807, 2.05) is 0 Å². The smallest absolute Gasteiger partial charge is 0.272 e. The number of nitrogens with one attached hydrogen (secondary N) is 3. The second-order valence-corrected chi connectivity index (χ2v) is 10.0. The van der Waals surface area contributed by atoms with Gasteiger partial charge < -0.3 is 16.0 Å². The van der Waals surface area contributed by atoms with E-state index < -0.39 is 16.7 Å². The van der Waals surface area contributed by atoms with Gasteiger partial charge in [-0.3, -0.25) is 24.5 Å². The summed E-state index contributed by atoms with van der Waals surface area (Å²) in [7, 11) is 0. The van der Waals surface area contributed by atoms with Crippen molar-refractivity contribution in [1.29, 1.82) is 0 Å². The maximum atomic E-state index is 13.2. The van der Waals surface area contributed by atoms with Crippen molar-refractivity contribution in [2.75, 3.05) is 16.4 Å². The predicted octanol–water partition coefficient (Wildman–Crippen LogP) is 6.39. The van der Waals surface area contributed by atoms with E-state index in [-0.39, 0.29) is 23.0 Å². The van der Waals surface area contributed by atoms with Gasteiger partial charge in [0.05, 0.1) is 10.7 Å². The van der Waals surface area contributed by atoms with Gasteiger partial charge in [-0.15, -0.1) is 11.8 Å². The number of nitro benzene ring substituents is 1. The van der Waals surface area contributed by atoms with Gasteiger partial charge in [0.1, 0.15) is 5.70 Å². The summed E-state index contributed by atoms with van der Waals surface area (Å²) < 4.78 is 0. The highest BCUT2D eigenvalue weighted by Gasteiger charge is 2.15. The molecule has 0 heterocycles. The average molecular weight is 587 g/mol. The van der Waals surface area contributed by atoms with Gasteiger partial charge in [-0.2, -0.15) is 0 Å². The van der Waals surface area contributed by atoms with Crippen LogP contribution in [0.15, 0.2) is 114 Å². The zero-order chi connectivity index (χ0) is 29.2. The third-order valence-electron chi connectivity index (χ3n) is 5.55. The van der Waals surface area contributed by atoms with Crippen LogP contribution in [0.2, 0.25) is 5.02 Å². The Labute approximate surface area is 244 Å². The lowest BCUT2D eigenvalue weighted by atomic mass is 10.1. The van der Waals surface area contributed by atoms with Crippen LogP contribution in [0.1, 0.15) is 15.9 Å². The molecule has 0 fully saturated rings. The van der Waals surface area contributed by atoms with E-state index in [0.717, 1.165) is 4.90 Å². The van der Waals surface area contributed by atoms with Crippen LogP contribution < -0.4 is 16.0 Å². The number of non-ortho nitro benzene ring substituents is 1. The van der Waals surface area contributed by atoms with Gasteiger partial charge in [0, 0.05) is 39.0 Å². The second-order valence-electron chi connectivity index (χ2n) is 8.55. The fourth-order valence-corrected chi connectivity index (χ4v) is 4.34. The number of benzene rings is 4. The zero-order valence-corrected chi connectivity index (χ0v) is 22.9. The summed E-state index contributed by atoms with van der Waals surface area (Å²) >= 11 is 7.26. The highest BCUT2D eigenvalue weighted by molar-refractivity contribution is 8.00. The minimum Gasteiger partial charge on any atom is -0.325 e. The first kappa shape index (κ1) is 29.1. The van der Waals surface area contributed by atoms with Crippen molar-refractivity contribution in [2.24, 2.45) is 0 Å². The molecule has 0 aliphatic heterocycles. The Hall–Kier alpha value is -4.93. The molecular weight excluding hydrogens is 564 g/mol. The maximum absolute atomic E-state index is 13.2. The van der Waals surface area contributed by atoms with Gasteiger partial charge in [0.2, 0.25) is 5.91 Å². The molecule has 0 aromatic heterocycles. The molecule has 9 nitrogen and oxygen atoms in total. The van der Waals surface area contributed by atoms with Gasteiger partial charge in [0.15, 0.2) is 0 Å². The van der Waals surface area contributed by atoms with Crippen LogP contribution in [0.3, 0.4) is 0 Å². The summed E-state index contributed by atoms with van der Waals surface area (Å²) in [5.74, 6) is -1.11. The van der Waals surface area contributed by atoms with Gasteiger partial charge in [-0.1, -0.05) is 41.9 Å². The molecule has 0 radical (unpaired) electrons. The Balaban J connectivity index is 1.37. The quantitative estimate of drug-likeness (QED) is 0.0854. The number of nitro groups is 1. The van der Waals surface area contributed by atoms with Gasteiger partial charge >= 0.3 is 0 Å². The Kier molecular flexibility index (Phi) is 9.87. The number of hydrogen-bond donors (Lipinski definition) is 3. The van der Waals surface area contributed by atoms with Crippen molar-refractivity contribution >= 4 is 64.2 Å². The summed E-state index contributed by atoms with van der Waals surface area (Å²) in [6.45, 7) is 0. The van der Waals surface area contributed by atoms with Crippen molar-refractivity contribution in [1.82, 2.24) is 5.32 Å². The van der Waals surface area contributed by atoms with E-state index in [4.69, 9.17) is 11.6 Å². The third kappa shape index (κ3) is 8.79. The molecule has 4 rings (SSSR count). The highest BCUT2D eigenvalue weighted by atomic mass is 35.5. The minimum absolute atomic E-state index is 0.0440. The number of hydrogen-bond acceptors (Lipinski definition) is 6. The molecule has 4 aromatic carbocycles. The highest BCUT2D eigenvalue weighted by Crippen LogP contribution is 2.22. The number of nitrogens with zero attached hydrogens (tertiary/aromatic N) is 1. The number of anilines is 2. The largest absolute Gasteiger partial charge is 0.325 e. The molecule has 0 atom stereocenters. The molecule has 4 aromatic rings. The molecular formula is C30H23ClN4O5S. The zero-order valence-electron chi connectivity index (χ0n) is 21.4. The fourth-order valence-electron chi connectivity index (χ4n) is 3.51. The summed E-state index contributed by atoms with van der Waals surface area (Å²) in [5.41, 5.74) is 2.01. The Morgan fingerprint density at radius 3 is 2.05 bits per heavy atom. The molecule has 3 amide bonds. The lowest BCUT2D eigenvalue weighted by Crippen LogP contribution is -2.30. The van der Waals surface area contributed by atoms with Gasteiger partial charge in [-0.05, 0) is 72.3 Å². The summed E-state index contributed by atoms with van der Waals surface area (Å²) in [5, 5.41) is 19.5. The topological polar surface area (TPSA) is 130 Å². The SMILES string of the molecule is O=C(CSc1ccc(NC(=O)/C(=C/c2ccc(Cl)cc2)NC(=O)c2ccccc2)cc1)Nc1ccc([N+](=O)[O-])cc1. The van der Waals surface area contributed by atoms with Crippen LogP contribution in [0, 0.1) is 10.1 Å². The summed E-state index contributed by atoms with van der Waals surface area (Å²) in [6, 6.07) is 27.8. The van der Waals surface area contributed by atoms with Crippen molar-refractivity contribution in [3.8, 4) is 0 Å². The van der Waals surface area contributed by atoms with Crippen LogP contribution in [-0.4, -0.2) is 28.4 Å². The third-order valence-corrected chi connectivity index (χ3v) is 6.82. The summed E-state index contributed by atoms with van der Waals surface area (Å²) in [4.78, 5) is 49.3. The van der Waals surface area contributed by atoms with Crippen molar-refractivity contribution in [3.05, 3.63) is 135 Å². The number of amides is 3. The van der Waals surface area contributed by atoms with E-state index in [9.17, 15) is 24.5 Å². The molecule has 0 aliphatic carbocycles. The van der Waals surface area contributed by atoms with Crippen LogP contribution in [0.5, 0.6) is 0 Å². The fraction of sp³-hybridized carbons (Fsp3) is 0.0333. The molecule has 0 aliphatic rings. The molecule has 0 unspecified atom stereocenters. The summed E-state index contributed by atoms with van der Waals surface area (Å²) in [6.07, 6.45) is 1.56. The van der Waals surface area contributed by atoms with Crippen LogP contribution >= 0.6 is 23.4 Å². The standard InChI is InChI=1S/C30H23ClN4O5S/c31-22-8-6-20(7-9-22)18-27(34-29(37)21-4-2-1-3-5-21)30(38)33-24-12-16-26(17-13-24)41-19-28(36)32-23-10-14-25(15-11-23)35(39)40/h1-18H,19H2,(H,32,36)(H,33,38)(H,34,37)/b27-18-. The van der Waals surface area contributed by atoms with Gasteiger partial charge in [0.25, 0.3) is 17.5 Å². The number of rotatable bonds is 10. The molecule has 0 spiro atoms. The normalized spacial score (nSPS) is 10.9. The molecule has 11 heteroatoms. The first-order chi connectivity index (χ1) is 19.8.